The SMILES string of the molecule is CC1(C)[C@@H](C(=O)O)CC[C@@]1(C)C(=O)O.CC1(C)[C@@H](C(=O)O)CC[C@]1(C)C(=O)O.CC1(C)[C@H](C(=O)O)CC[C@@]1(C)C(=O)O. The lowest BCUT2D eigenvalue weighted by Gasteiger charge is -2.36. The van der Waals surface area contributed by atoms with Gasteiger partial charge in [-0.1, -0.05) is 41.5 Å². The molecule has 12 heteroatoms. The van der Waals surface area contributed by atoms with Gasteiger partial charge in [-0.15, -0.1) is 0 Å². The van der Waals surface area contributed by atoms with E-state index >= 15 is 0 Å². The maximum Gasteiger partial charge on any atom is 0.309 e. The van der Waals surface area contributed by atoms with Crippen molar-refractivity contribution in [2.75, 3.05) is 0 Å². The number of hydrogen-bond acceptors (Lipinski definition) is 6. The molecular weight excluding hydrogens is 552 g/mol. The topological polar surface area (TPSA) is 224 Å². The second-order valence-electron chi connectivity index (χ2n) is 14.4. The van der Waals surface area contributed by atoms with E-state index < -0.39 is 86.1 Å². The molecule has 3 rings (SSSR count). The normalized spacial score (nSPS) is 35.5. The standard InChI is InChI=1S/3C10H16O4/c3*1-9(2)6(7(11)12)4-5-10(9,3)8(13)14/h3*6H,4-5H2,1-3H3,(H,11,12)(H,13,14)/t6-,10+;2*6-,10-/m110/s1. The van der Waals surface area contributed by atoms with Gasteiger partial charge < -0.3 is 30.6 Å². The minimum atomic E-state index is -0.921. The molecule has 0 aliphatic heterocycles. The molecule has 3 aliphatic rings. The van der Waals surface area contributed by atoms with Crippen LogP contribution >= 0.6 is 0 Å². The van der Waals surface area contributed by atoms with E-state index in [4.69, 9.17) is 30.6 Å². The van der Waals surface area contributed by atoms with E-state index in [2.05, 4.69) is 0 Å². The van der Waals surface area contributed by atoms with Gasteiger partial charge >= 0.3 is 35.8 Å². The fourth-order valence-corrected chi connectivity index (χ4v) is 6.95. The molecule has 0 aromatic carbocycles. The first-order valence-corrected chi connectivity index (χ1v) is 14.1. The zero-order valence-corrected chi connectivity index (χ0v) is 26.1. The van der Waals surface area contributed by atoms with Crippen molar-refractivity contribution in [3.63, 3.8) is 0 Å². The fraction of sp³-hybridized carbons (Fsp3) is 0.800. The Morgan fingerprint density at radius 2 is 0.571 bits per heavy atom. The number of carbonyl (C=O) groups is 6. The summed E-state index contributed by atoms with van der Waals surface area (Å²) in [6, 6.07) is 0. The van der Waals surface area contributed by atoms with E-state index in [0.29, 0.717) is 38.5 Å². The summed E-state index contributed by atoms with van der Waals surface area (Å²) in [5.41, 5.74) is -4.83. The third kappa shape index (κ3) is 5.86. The lowest BCUT2D eigenvalue weighted by Crippen LogP contribution is -2.42. The molecule has 0 bridgehead atoms. The molecule has 3 aliphatic carbocycles. The number of aliphatic carboxylic acids is 6. The quantitative estimate of drug-likeness (QED) is 0.242. The van der Waals surface area contributed by atoms with E-state index in [1.54, 1.807) is 62.3 Å². The number of carboxylic acid groups (broad SMARTS) is 6. The van der Waals surface area contributed by atoms with Gasteiger partial charge in [0.1, 0.15) is 0 Å². The van der Waals surface area contributed by atoms with Crippen LogP contribution in [0.4, 0.5) is 0 Å². The maximum atomic E-state index is 11.1. The first kappa shape index (κ1) is 36.8. The molecule has 6 atom stereocenters. The van der Waals surface area contributed by atoms with Gasteiger partial charge in [-0.3, -0.25) is 28.8 Å². The fourth-order valence-electron chi connectivity index (χ4n) is 6.95. The van der Waals surface area contributed by atoms with Gasteiger partial charge in [-0.2, -0.15) is 0 Å². The Bertz CT molecular complexity index is 983. The van der Waals surface area contributed by atoms with E-state index in [9.17, 15) is 28.8 Å². The molecule has 240 valence electrons. The minimum absolute atomic E-state index is 0.437. The second kappa shape index (κ2) is 11.8. The van der Waals surface area contributed by atoms with Crippen LogP contribution in [0.15, 0.2) is 0 Å². The molecule has 0 heterocycles. The van der Waals surface area contributed by atoms with Crippen LogP contribution in [0.25, 0.3) is 0 Å². The second-order valence-corrected chi connectivity index (χ2v) is 14.4. The summed E-state index contributed by atoms with van der Waals surface area (Å²) in [5, 5.41) is 54.3. The molecule has 0 amide bonds. The summed E-state index contributed by atoms with van der Waals surface area (Å²) >= 11 is 0. The first-order chi connectivity index (χ1) is 18.7. The highest BCUT2D eigenvalue weighted by atomic mass is 16.4. The largest absolute Gasteiger partial charge is 0.481 e. The zero-order chi connectivity index (χ0) is 33.4. The Morgan fingerprint density at radius 1 is 0.405 bits per heavy atom. The van der Waals surface area contributed by atoms with Crippen molar-refractivity contribution < 1.29 is 59.4 Å². The van der Waals surface area contributed by atoms with Crippen LogP contribution in [0.5, 0.6) is 0 Å². The van der Waals surface area contributed by atoms with E-state index in [-0.39, 0.29) is 0 Å². The molecule has 0 unspecified atom stereocenters. The van der Waals surface area contributed by atoms with Gasteiger partial charge in [0.05, 0.1) is 34.0 Å². The van der Waals surface area contributed by atoms with Gasteiger partial charge in [0.25, 0.3) is 0 Å². The monoisotopic (exact) mass is 600 g/mol. The van der Waals surface area contributed by atoms with E-state index in [1.807, 2.05) is 0 Å². The molecule has 0 aromatic heterocycles. The molecule has 0 radical (unpaired) electrons. The Balaban J connectivity index is 0.000000315. The van der Waals surface area contributed by atoms with Crippen molar-refractivity contribution in [1.82, 2.24) is 0 Å². The third-order valence-electron chi connectivity index (χ3n) is 12.0. The number of hydrogen-bond donors (Lipinski definition) is 6. The smallest absolute Gasteiger partial charge is 0.309 e. The minimum Gasteiger partial charge on any atom is -0.481 e. The van der Waals surface area contributed by atoms with Crippen LogP contribution in [0.2, 0.25) is 0 Å². The van der Waals surface area contributed by atoms with Gasteiger partial charge in [-0.05, 0) is 75.5 Å². The first-order valence-electron chi connectivity index (χ1n) is 14.1. The molecule has 12 nitrogen and oxygen atoms in total. The molecule has 6 N–H and O–H groups in total. The molecular formula is C30H48O12. The summed E-state index contributed by atoms with van der Waals surface area (Å²) in [6.07, 6.45) is 2.66. The lowest BCUT2D eigenvalue weighted by molar-refractivity contribution is -0.159. The average Bonchev–Trinajstić information content (AvgIpc) is 3.33. The van der Waals surface area contributed by atoms with Crippen LogP contribution in [0.1, 0.15) is 101 Å². The summed E-state index contributed by atoms with van der Waals surface area (Å²) in [6.45, 7) is 15.3. The van der Waals surface area contributed by atoms with Crippen molar-refractivity contribution in [2.24, 2.45) is 50.2 Å². The molecule has 42 heavy (non-hydrogen) atoms. The summed E-state index contributed by atoms with van der Waals surface area (Å²) in [4.78, 5) is 66.1. The summed E-state index contributed by atoms with van der Waals surface area (Å²) in [7, 11) is 0. The third-order valence-corrected chi connectivity index (χ3v) is 12.0. The van der Waals surface area contributed by atoms with Crippen LogP contribution in [0.3, 0.4) is 0 Å². The number of carboxylic acids is 6. The summed E-state index contributed by atoms with van der Waals surface area (Å²) < 4.78 is 0. The van der Waals surface area contributed by atoms with Crippen molar-refractivity contribution in [2.45, 2.75) is 101 Å². The highest BCUT2D eigenvalue weighted by Crippen LogP contribution is 2.58. The van der Waals surface area contributed by atoms with Gasteiger partial charge in [-0.25, -0.2) is 0 Å². The zero-order valence-electron chi connectivity index (χ0n) is 26.1. The van der Waals surface area contributed by atoms with Crippen molar-refractivity contribution in [3.8, 4) is 0 Å². The van der Waals surface area contributed by atoms with Crippen LogP contribution in [0, 0.1) is 50.2 Å². The Labute approximate surface area is 246 Å². The van der Waals surface area contributed by atoms with Crippen molar-refractivity contribution in [3.05, 3.63) is 0 Å². The van der Waals surface area contributed by atoms with Gasteiger partial charge in [0, 0.05) is 0 Å². The van der Waals surface area contributed by atoms with Crippen molar-refractivity contribution >= 4 is 35.8 Å². The highest BCUT2D eigenvalue weighted by Gasteiger charge is 2.60. The van der Waals surface area contributed by atoms with Crippen molar-refractivity contribution in [1.29, 1.82) is 0 Å². The Morgan fingerprint density at radius 3 is 0.643 bits per heavy atom. The van der Waals surface area contributed by atoms with Crippen LogP contribution < -0.4 is 0 Å². The molecule has 3 saturated carbocycles. The lowest BCUT2D eigenvalue weighted by atomic mass is 9.66. The molecule has 0 aromatic rings. The van der Waals surface area contributed by atoms with E-state index in [1.165, 1.54) is 0 Å². The summed E-state index contributed by atoms with van der Waals surface area (Å²) in [5.74, 6) is -7.01. The Hall–Kier alpha value is -3.18. The number of rotatable bonds is 6. The van der Waals surface area contributed by atoms with Crippen LogP contribution in [-0.2, 0) is 28.8 Å². The van der Waals surface area contributed by atoms with Gasteiger partial charge in [0.2, 0.25) is 0 Å². The molecule has 0 saturated heterocycles. The van der Waals surface area contributed by atoms with Gasteiger partial charge in [0.15, 0.2) is 0 Å². The van der Waals surface area contributed by atoms with E-state index in [0.717, 1.165) is 0 Å². The van der Waals surface area contributed by atoms with Crippen LogP contribution in [-0.4, -0.2) is 66.5 Å². The highest BCUT2D eigenvalue weighted by molar-refractivity contribution is 5.81. The predicted molar refractivity (Wildman–Crippen MR) is 150 cm³/mol. The average molecular weight is 601 g/mol. The Kier molecular flexibility index (Phi) is 10.4. The molecule has 3 fully saturated rings. The molecule has 0 spiro atoms. The predicted octanol–water partition coefficient (Wildman–Crippen LogP) is 4.79. The maximum absolute atomic E-state index is 11.1.